The third kappa shape index (κ3) is 2.60. The fraction of sp³-hybridized carbons (Fsp3) is 0.500. The molecule has 0 bridgehead atoms. The number of rotatable bonds is 3. The molecule has 8 heteroatoms. The molecular weight excluding hydrogens is 346 g/mol. The van der Waals surface area contributed by atoms with Crippen molar-refractivity contribution in [3.05, 3.63) is 40.9 Å². The van der Waals surface area contributed by atoms with Gasteiger partial charge >= 0.3 is 0 Å². The van der Waals surface area contributed by atoms with Crippen LogP contribution in [0.1, 0.15) is 23.7 Å². The summed E-state index contributed by atoms with van der Waals surface area (Å²) in [4.78, 5) is 11.8. The highest BCUT2D eigenvalue weighted by Crippen LogP contribution is 2.37. The molecule has 0 amide bonds. The Bertz CT molecular complexity index is 887. The molecule has 5 heterocycles. The van der Waals surface area contributed by atoms with E-state index < -0.39 is 0 Å². The van der Waals surface area contributed by atoms with Crippen LogP contribution in [-0.4, -0.2) is 48.8 Å². The van der Waals surface area contributed by atoms with E-state index in [-0.39, 0.29) is 5.54 Å². The summed E-state index contributed by atoms with van der Waals surface area (Å²) >= 11 is 1.74. The van der Waals surface area contributed by atoms with Crippen molar-refractivity contribution in [1.29, 1.82) is 0 Å². The summed E-state index contributed by atoms with van der Waals surface area (Å²) in [6, 6.07) is 2.07. The minimum atomic E-state index is -0.00548. The van der Waals surface area contributed by atoms with Crippen molar-refractivity contribution in [2.75, 3.05) is 19.6 Å². The Morgan fingerprint density at radius 2 is 2.04 bits per heavy atom. The minimum absolute atomic E-state index is 0.00548. The van der Waals surface area contributed by atoms with Crippen LogP contribution >= 0.6 is 11.3 Å². The van der Waals surface area contributed by atoms with Crippen molar-refractivity contribution in [2.24, 2.45) is 7.05 Å². The molecule has 2 aliphatic heterocycles. The molecule has 1 spiro atoms. The Hall–Kier alpha value is -2.03. The second-order valence-corrected chi connectivity index (χ2v) is 8.15. The van der Waals surface area contributed by atoms with E-state index in [4.69, 9.17) is 4.98 Å². The van der Waals surface area contributed by atoms with Crippen LogP contribution in [0.4, 0.5) is 0 Å². The molecule has 1 N–H and O–H groups in total. The molecule has 5 rings (SSSR count). The van der Waals surface area contributed by atoms with E-state index in [0.29, 0.717) is 0 Å². The van der Waals surface area contributed by atoms with Crippen LogP contribution in [0, 0.1) is 0 Å². The number of nitrogens with one attached hydrogen (secondary N) is 1. The number of fused-ring (bicyclic) bond motifs is 2. The van der Waals surface area contributed by atoms with Crippen molar-refractivity contribution in [2.45, 2.75) is 31.5 Å². The van der Waals surface area contributed by atoms with Crippen LogP contribution in [0.5, 0.6) is 0 Å². The molecule has 0 aromatic carbocycles. The van der Waals surface area contributed by atoms with Gasteiger partial charge in [-0.25, -0.2) is 9.97 Å². The van der Waals surface area contributed by atoms with Gasteiger partial charge in [0, 0.05) is 51.0 Å². The minimum Gasteiger partial charge on any atom is -0.324 e. The lowest BCUT2D eigenvalue weighted by Gasteiger charge is -2.44. The summed E-state index contributed by atoms with van der Waals surface area (Å²) in [6.07, 6.45) is 7.93. The standard InChI is InChI=1S/C18H23N7S/c1-23-14(2-5-22-23)15-12-20-17-18(21-6-10-25(15)17)3-8-24(9-4-18)13-16-19-7-11-26-16/h2,5,7,11-12,21H,3-4,6,8-10,13H2,1H3. The molecule has 0 aliphatic carbocycles. The van der Waals surface area contributed by atoms with Gasteiger partial charge in [0.05, 0.1) is 29.7 Å². The molecule has 0 unspecified atom stereocenters. The highest BCUT2D eigenvalue weighted by molar-refractivity contribution is 7.09. The van der Waals surface area contributed by atoms with Gasteiger partial charge in [-0.1, -0.05) is 0 Å². The van der Waals surface area contributed by atoms with E-state index in [9.17, 15) is 0 Å². The first-order chi connectivity index (χ1) is 12.8. The molecule has 1 fully saturated rings. The maximum Gasteiger partial charge on any atom is 0.129 e. The van der Waals surface area contributed by atoms with Gasteiger partial charge in [0.2, 0.25) is 0 Å². The quantitative estimate of drug-likeness (QED) is 0.763. The van der Waals surface area contributed by atoms with Crippen molar-refractivity contribution in [3.8, 4) is 11.4 Å². The molecule has 0 atom stereocenters. The summed E-state index contributed by atoms with van der Waals surface area (Å²) in [5.74, 6) is 1.19. The van der Waals surface area contributed by atoms with Crippen LogP contribution in [0.25, 0.3) is 11.4 Å². The van der Waals surface area contributed by atoms with Crippen molar-refractivity contribution in [3.63, 3.8) is 0 Å². The fourth-order valence-electron chi connectivity index (χ4n) is 4.32. The molecule has 136 valence electrons. The molecule has 3 aromatic heterocycles. The molecule has 1 saturated heterocycles. The van der Waals surface area contributed by atoms with Crippen LogP contribution in [0.2, 0.25) is 0 Å². The maximum atomic E-state index is 4.86. The molecule has 0 saturated carbocycles. The average molecular weight is 369 g/mol. The van der Waals surface area contributed by atoms with Gasteiger partial charge < -0.3 is 9.88 Å². The Kier molecular flexibility index (Phi) is 3.91. The highest BCUT2D eigenvalue weighted by Gasteiger charge is 2.42. The van der Waals surface area contributed by atoms with E-state index in [2.05, 4.69) is 36.3 Å². The number of hydrogen-bond acceptors (Lipinski definition) is 6. The number of aromatic nitrogens is 5. The number of imidazole rings is 1. The highest BCUT2D eigenvalue weighted by atomic mass is 32.1. The Morgan fingerprint density at radius 1 is 1.15 bits per heavy atom. The second-order valence-electron chi connectivity index (χ2n) is 7.17. The number of likely N-dealkylation sites (tertiary alicyclic amines) is 1. The molecule has 3 aromatic rings. The first-order valence-corrected chi connectivity index (χ1v) is 10.0. The fourth-order valence-corrected chi connectivity index (χ4v) is 4.97. The molecular formula is C18H23N7S. The van der Waals surface area contributed by atoms with Crippen LogP contribution in [-0.2, 0) is 25.7 Å². The summed E-state index contributed by atoms with van der Waals surface area (Å²) < 4.78 is 4.32. The normalized spacial score (nSPS) is 19.7. The maximum absolute atomic E-state index is 4.86. The van der Waals surface area contributed by atoms with Gasteiger partial charge in [-0.15, -0.1) is 11.3 Å². The number of nitrogens with zero attached hydrogens (tertiary/aromatic N) is 6. The summed E-state index contributed by atoms with van der Waals surface area (Å²) in [5, 5.41) is 11.4. The summed E-state index contributed by atoms with van der Waals surface area (Å²) in [7, 11) is 1.99. The molecule has 2 aliphatic rings. The number of hydrogen-bond donors (Lipinski definition) is 1. The van der Waals surface area contributed by atoms with Crippen molar-refractivity contribution < 1.29 is 0 Å². The largest absolute Gasteiger partial charge is 0.324 e. The monoisotopic (exact) mass is 369 g/mol. The van der Waals surface area contributed by atoms with Gasteiger partial charge in [-0.05, 0) is 18.9 Å². The summed E-state index contributed by atoms with van der Waals surface area (Å²) in [5.41, 5.74) is 2.29. The lowest BCUT2D eigenvalue weighted by molar-refractivity contribution is 0.109. The Morgan fingerprint density at radius 3 is 2.77 bits per heavy atom. The zero-order chi connectivity index (χ0) is 17.6. The zero-order valence-corrected chi connectivity index (χ0v) is 15.7. The lowest BCUT2D eigenvalue weighted by Crippen LogP contribution is -2.55. The first-order valence-electron chi connectivity index (χ1n) is 9.15. The Balaban J connectivity index is 1.39. The number of aryl methyl sites for hydroxylation is 1. The lowest BCUT2D eigenvalue weighted by atomic mass is 9.85. The van der Waals surface area contributed by atoms with E-state index in [1.54, 1.807) is 11.3 Å². The van der Waals surface area contributed by atoms with Gasteiger partial charge in [0.15, 0.2) is 0 Å². The second kappa shape index (κ2) is 6.29. The smallest absolute Gasteiger partial charge is 0.129 e. The average Bonchev–Trinajstić information content (AvgIpc) is 3.38. The van der Waals surface area contributed by atoms with Crippen LogP contribution in [0.3, 0.4) is 0 Å². The van der Waals surface area contributed by atoms with Crippen LogP contribution in [0.15, 0.2) is 30.0 Å². The van der Waals surface area contributed by atoms with Gasteiger partial charge in [-0.3, -0.25) is 9.58 Å². The Labute approximate surface area is 156 Å². The van der Waals surface area contributed by atoms with E-state index in [0.717, 1.165) is 51.3 Å². The molecule has 26 heavy (non-hydrogen) atoms. The topological polar surface area (TPSA) is 63.8 Å². The van der Waals surface area contributed by atoms with Gasteiger partial charge in [-0.2, -0.15) is 5.10 Å². The third-order valence-corrected chi connectivity index (χ3v) is 6.48. The molecule has 7 nitrogen and oxygen atoms in total. The number of thiazole rings is 1. The summed E-state index contributed by atoms with van der Waals surface area (Å²) in [6.45, 7) is 5.05. The van der Waals surface area contributed by atoms with E-state index in [1.807, 2.05) is 30.3 Å². The van der Waals surface area contributed by atoms with Crippen LogP contribution < -0.4 is 5.32 Å². The predicted octanol–water partition coefficient (Wildman–Crippen LogP) is 1.83. The molecule has 0 radical (unpaired) electrons. The number of piperidine rings is 1. The predicted molar refractivity (Wildman–Crippen MR) is 101 cm³/mol. The first kappa shape index (κ1) is 16.2. The van der Waals surface area contributed by atoms with E-state index >= 15 is 0 Å². The van der Waals surface area contributed by atoms with Gasteiger partial charge in [0.1, 0.15) is 10.8 Å². The van der Waals surface area contributed by atoms with Gasteiger partial charge in [0.25, 0.3) is 0 Å². The zero-order valence-electron chi connectivity index (χ0n) is 14.9. The SMILES string of the molecule is Cn1nccc1-c1cnc2n1CCNC21CCN(Cc2nccs2)CC1. The van der Waals surface area contributed by atoms with Crippen molar-refractivity contribution in [1.82, 2.24) is 34.5 Å². The van der Waals surface area contributed by atoms with Crippen molar-refractivity contribution >= 4 is 11.3 Å². The van der Waals surface area contributed by atoms with E-state index in [1.165, 1.54) is 16.5 Å². The third-order valence-electron chi connectivity index (χ3n) is 5.72.